The van der Waals surface area contributed by atoms with Gasteiger partial charge in [0.25, 0.3) is 0 Å². The van der Waals surface area contributed by atoms with E-state index in [4.69, 9.17) is 0 Å². The molecule has 4 aromatic heterocycles. The molecule has 1 unspecified atom stereocenters. The molecule has 3 N–H and O–H groups in total. The Bertz CT molecular complexity index is 2230. The highest BCUT2D eigenvalue weighted by atomic mass is 16.1. The molecule has 4 aliphatic rings. The van der Waals surface area contributed by atoms with Crippen LogP contribution in [0.15, 0.2) is 85.7 Å². The number of rotatable bonds is 7. The van der Waals surface area contributed by atoms with Crippen LogP contribution < -0.4 is 16.0 Å². The fraction of sp³-hybridized carbons (Fsp3) is 0.357. The Balaban J connectivity index is 0.000000131. The molecule has 53 heavy (non-hydrogen) atoms. The third-order valence-corrected chi connectivity index (χ3v) is 11.2. The molecule has 0 amide bonds. The molecule has 2 aliphatic carbocycles. The fourth-order valence-electron chi connectivity index (χ4n) is 7.39. The first-order valence-corrected chi connectivity index (χ1v) is 18.8. The lowest BCUT2D eigenvalue weighted by Gasteiger charge is -2.37. The zero-order valence-corrected chi connectivity index (χ0v) is 30.4. The van der Waals surface area contributed by atoms with Gasteiger partial charge < -0.3 is 16.0 Å². The van der Waals surface area contributed by atoms with Gasteiger partial charge in [-0.3, -0.25) is 19.7 Å². The number of carbonyl (C=O) groups is 1. The maximum absolute atomic E-state index is 10.4. The lowest BCUT2D eigenvalue weighted by molar-refractivity contribution is -0.122. The summed E-state index contributed by atoms with van der Waals surface area (Å²) in [7, 11) is 0. The van der Waals surface area contributed by atoms with Crippen LogP contribution >= 0.6 is 0 Å². The molecule has 0 bridgehead atoms. The number of Topliss-reactive ketones (excluding diaryl/α,β-unsaturated/α-hetero) is 1. The Labute approximate surface area is 310 Å². The lowest BCUT2D eigenvalue weighted by Crippen LogP contribution is -2.37. The second-order valence-electron chi connectivity index (χ2n) is 14.6. The normalized spacial score (nSPS) is 16.9. The number of fused-ring (bicyclic) bond motifs is 4. The van der Waals surface area contributed by atoms with Gasteiger partial charge in [-0.2, -0.15) is 0 Å². The van der Waals surface area contributed by atoms with Crippen LogP contribution in [-0.4, -0.2) is 46.6 Å². The second kappa shape index (κ2) is 15.7. The van der Waals surface area contributed by atoms with E-state index < -0.39 is 0 Å². The maximum Gasteiger partial charge on any atom is 0.138 e. The Morgan fingerprint density at radius 1 is 0.717 bits per heavy atom. The topological polar surface area (TPSA) is 134 Å². The van der Waals surface area contributed by atoms with Crippen LogP contribution in [0.2, 0.25) is 0 Å². The Kier molecular flexibility index (Phi) is 10.3. The van der Waals surface area contributed by atoms with Crippen molar-refractivity contribution in [2.24, 2.45) is 11.8 Å². The first-order valence-electron chi connectivity index (χ1n) is 18.8. The quantitative estimate of drug-likeness (QED) is 0.149. The average molecular weight is 707 g/mol. The highest BCUT2D eigenvalue weighted by Gasteiger charge is 2.33. The van der Waals surface area contributed by atoms with Crippen LogP contribution in [0.4, 0.5) is 23.0 Å². The minimum absolute atomic E-state index is 0.381. The van der Waals surface area contributed by atoms with Crippen molar-refractivity contribution in [3.63, 3.8) is 0 Å². The van der Waals surface area contributed by atoms with E-state index in [2.05, 4.69) is 81.9 Å². The molecule has 0 spiro atoms. The fourth-order valence-corrected chi connectivity index (χ4v) is 7.39. The molecule has 11 heteroatoms. The van der Waals surface area contributed by atoms with Gasteiger partial charge in [0.1, 0.15) is 30.1 Å². The number of pyridine rings is 2. The minimum Gasteiger partial charge on any atom is -0.339 e. The van der Waals surface area contributed by atoms with Crippen molar-refractivity contribution in [3.05, 3.63) is 108 Å². The molecule has 0 saturated heterocycles. The van der Waals surface area contributed by atoms with E-state index >= 15 is 0 Å². The third kappa shape index (κ3) is 7.86. The summed E-state index contributed by atoms with van der Waals surface area (Å²) in [6.45, 7) is 7.52. The summed E-state index contributed by atoms with van der Waals surface area (Å²) in [5.41, 5.74) is 8.50. The lowest BCUT2D eigenvalue weighted by atomic mass is 9.80. The monoisotopic (exact) mass is 706 g/mol. The number of carbonyl (C=O) groups excluding carboxylic acids is 1. The van der Waals surface area contributed by atoms with Gasteiger partial charge in [0.15, 0.2) is 0 Å². The first-order chi connectivity index (χ1) is 26.0. The number of aromatic nitrogens is 6. The molecule has 1 atom stereocenters. The van der Waals surface area contributed by atoms with Crippen molar-refractivity contribution in [1.82, 2.24) is 40.1 Å². The summed E-state index contributed by atoms with van der Waals surface area (Å²) in [5.74, 6) is 3.44. The number of hydrogen-bond acceptors (Lipinski definition) is 11. The van der Waals surface area contributed by atoms with Gasteiger partial charge in [0, 0.05) is 60.0 Å². The average Bonchev–Trinajstić information content (AvgIpc) is 3.80. The number of benzene rings is 2. The maximum atomic E-state index is 10.4. The molecular weight excluding hydrogens is 661 g/mol. The van der Waals surface area contributed by atoms with Crippen LogP contribution in [0, 0.1) is 11.8 Å². The molecule has 2 fully saturated rings. The summed E-state index contributed by atoms with van der Waals surface area (Å²) >= 11 is 0. The number of ketones is 1. The van der Waals surface area contributed by atoms with Gasteiger partial charge in [-0.1, -0.05) is 49.2 Å². The smallest absolute Gasteiger partial charge is 0.138 e. The summed E-state index contributed by atoms with van der Waals surface area (Å²) in [6, 6.07) is 21.1. The van der Waals surface area contributed by atoms with Gasteiger partial charge >= 0.3 is 0 Å². The standard InChI is InChI=1S/C21H23N5.C15H13N5.C6H10O/c1-14(15-6-4-7-15)26-11-18-20(12-26)23-13-24-21(18)25-17-9-16-5-2-3-8-19(16)22-10-17;1-2-4-13-10(3-1)5-11(6-17-13)20-15-12-7-16-8-14(12)18-9-19-15;1-5(7)6-3-2-4-6/h2-3,5,8-10,13-15H,4,6-7,11-12H2,1H3,(H,23,24,25);1-6,9,16H,7-8H2,(H,18,19,20);6H,2-4H2,1H3. The minimum atomic E-state index is 0.381. The van der Waals surface area contributed by atoms with E-state index in [0.717, 1.165) is 107 Å². The van der Waals surface area contributed by atoms with Crippen LogP contribution in [0.5, 0.6) is 0 Å². The number of hydrogen-bond donors (Lipinski definition) is 3. The number of nitrogens with zero attached hydrogens (tertiary/aromatic N) is 7. The second-order valence-corrected chi connectivity index (χ2v) is 14.6. The van der Waals surface area contributed by atoms with E-state index in [1.807, 2.05) is 48.8 Å². The molecule has 270 valence electrons. The van der Waals surface area contributed by atoms with Crippen LogP contribution in [-0.2, 0) is 31.0 Å². The zero-order valence-electron chi connectivity index (χ0n) is 30.4. The Morgan fingerprint density at radius 3 is 1.85 bits per heavy atom. The van der Waals surface area contributed by atoms with Crippen molar-refractivity contribution >= 4 is 50.6 Å². The predicted molar refractivity (Wildman–Crippen MR) is 209 cm³/mol. The molecule has 11 nitrogen and oxygen atoms in total. The van der Waals surface area contributed by atoms with Gasteiger partial charge in [-0.05, 0) is 69.7 Å². The molecule has 2 saturated carbocycles. The highest BCUT2D eigenvalue weighted by molar-refractivity contribution is 5.83. The summed E-state index contributed by atoms with van der Waals surface area (Å²) in [6.07, 6.45) is 14.7. The SMILES string of the molecule is CC(=O)C1CCC1.CC(C1CCC1)N1Cc2ncnc(Nc3cnc4ccccc4c3)c2C1.c1ccc2ncc(Nc3ncnc4c3CNC4)cc2c1. The molecule has 2 aromatic carbocycles. The number of anilines is 4. The number of nitrogens with one attached hydrogen (secondary N) is 3. The molecule has 10 rings (SSSR count). The zero-order chi connectivity index (χ0) is 36.1. The third-order valence-electron chi connectivity index (χ3n) is 11.2. The molecule has 0 radical (unpaired) electrons. The van der Waals surface area contributed by atoms with Gasteiger partial charge in [-0.15, -0.1) is 0 Å². The largest absolute Gasteiger partial charge is 0.339 e. The van der Waals surface area contributed by atoms with E-state index in [-0.39, 0.29) is 0 Å². The van der Waals surface area contributed by atoms with Crippen molar-refractivity contribution in [2.75, 3.05) is 10.6 Å². The van der Waals surface area contributed by atoms with Crippen LogP contribution in [0.1, 0.15) is 74.9 Å². The molecule has 6 heterocycles. The predicted octanol–water partition coefficient (Wildman–Crippen LogP) is 8.02. The van der Waals surface area contributed by atoms with Crippen LogP contribution in [0.3, 0.4) is 0 Å². The van der Waals surface area contributed by atoms with Crippen molar-refractivity contribution in [1.29, 1.82) is 0 Å². The Morgan fingerprint density at radius 2 is 1.30 bits per heavy atom. The van der Waals surface area contributed by atoms with E-state index in [0.29, 0.717) is 17.7 Å². The van der Waals surface area contributed by atoms with Crippen molar-refractivity contribution < 1.29 is 4.79 Å². The number of para-hydroxylation sites is 2. The summed E-state index contributed by atoms with van der Waals surface area (Å²) in [5, 5.41) is 12.3. The highest BCUT2D eigenvalue weighted by Crippen LogP contribution is 2.37. The van der Waals surface area contributed by atoms with Gasteiger partial charge in [0.05, 0.1) is 46.2 Å². The van der Waals surface area contributed by atoms with E-state index in [1.54, 1.807) is 19.6 Å². The van der Waals surface area contributed by atoms with Gasteiger partial charge in [0.2, 0.25) is 0 Å². The summed E-state index contributed by atoms with van der Waals surface area (Å²) in [4.78, 5) is 39.6. The first kappa shape index (κ1) is 34.7. The molecular formula is C42H46N10O. The molecule has 6 aromatic rings. The molecule has 2 aliphatic heterocycles. The van der Waals surface area contributed by atoms with E-state index in [9.17, 15) is 4.79 Å². The summed E-state index contributed by atoms with van der Waals surface area (Å²) < 4.78 is 0. The van der Waals surface area contributed by atoms with Crippen molar-refractivity contribution in [3.8, 4) is 0 Å². The van der Waals surface area contributed by atoms with Crippen molar-refractivity contribution in [2.45, 2.75) is 84.6 Å². The van der Waals surface area contributed by atoms with Gasteiger partial charge in [-0.25, -0.2) is 19.9 Å². The van der Waals surface area contributed by atoms with E-state index in [1.165, 1.54) is 31.2 Å². The Hall–Kier alpha value is -5.39. The van der Waals surface area contributed by atoms with Crippen LogP contribution in [0.25, 0.3) is 21.8 Å².